The van der Waals surface area contributed by atoms with Crippen molar-refractivity contribution in [1.82, 2.24) is 0 Å². The number of para-hydroxylation sites is 2. The molecule has 2 N–H and O–H groups in total. The molecule has 0 fully saturated rings. The smallest absolute Gasteiger partial charge is 0.336 e. The number of carboxylic acid groups (broad SMARTS) is 1. The Balaban J connectivity index is 1.83. The molecule has 1 atom stereocenters. The summed E-state index contributed by atoms with van der Waals surface area (Å²) in [5.74, 6) is -1.25. The van der Waals surface area contributed by atoms with Crippen LogP contribution in [0.5, 0.6) is 5.75 Å². The molecule has 0 bridgehead atoms. The molecule has 1 aliphatic heterocycles. The highest BCUT2D eigenvalue weighted by Gasteiger charge is 2.32. The third kappa shape index (κ3) is 3.62. The molecule has 0 aromatic heterocycles. The molecule has 0 saturated carbocycles. The number of nitrogens with one attached hydrogen (secondary N) is 1. The number of anilines is 2. The Morgan fingerprint density at radius 1 is 1.19 bits per heavy atom. The van der Waals surface area contributed by atoms with Crippen LogP contribution in [0.4, 0.5) is 11.4 Å². The van der Waals surface area contributed by atoms with E-state index in [1.807, 2.05) is 0 Å². The maximum atomic E-state index is 12.6. The van der Waals surface area contributed by atoms with Gasteiger partial charge in [0.2, 0.25) is 5.91 Å². The van der Waals surface area contributed by atoms with Gasteiger partial charge in [-0.2, -0.15) is 0 Å². The van der Waals surface area contributed by atoms with Crippen molar-refractivity contribution in [2.75, 3.05) is 16.8 Å². The first kappa shape index (κ1) is 18.4. The highest BCUT2D eigenvalue weighted by atomic mass is 16.5. The van der Waals surface area contributed by atoms with Gasteiger partial charge in [0.1, 0.15) is 12.3 Å². The summed E-state index contributed by atoms with van der Waals surface area (Å²) >= 11 is 0. The zero-order valence-electron chi connectivity index (χ0n) is 15.3. The van der Waals surface area contributed by atoms with E-state index in [2.05, 4.69) is 5.32 Å². The average molecular weight is 368 g/mol. The number of aromatic carboxylic acids is 1. The summed E-state index contributed by atoms with van der Waals surface area (Å²) in [6, 6.07) is 10.2. The summed E-state index contributed by atoms with van der Waals surface area (Å²) in [6.07, 6.45) is -0.688. The van der Waals surface area contributed by atoms with Crippen LogP contribution in [0.25, 0.3) is 0 Å². The molecule has 27 heavy (non-hydrogen) atoms. The number of aryl methyl sites for hydroxylation is 2. The van der Waals surface area contributed by atoms with Crippen LogP contribution in [0.15, 0.2) is 36.4 Å². The number of carbonyl (C=O) groups is 3. The van der Waals surface area contributed by atoms with E-state index in [0.717, 1.165) is 5.56 Å². The van der Waals surface area contributed by atoms with Crippen molar-refractivity contribution >= 4 is 29.2 Å². The summed E-state index contributed by atoms with van der Waals surface area (Å²) in [4.78, 5) is 37.7. The van der Waals surface area contributed by atoms with Gasteiger partial charge in [-0.3, -0.25) is 14.5 Å². The lowest BCUT2D eigenvalue weighted by molar-refractivity contribution is -0.127. The third-order valence-electron chi connectivity index (χ3n) is 4.45. The summed E-state index contributed by atoms with van der Waals surface area (Å²) in [5, 5.41) is 12.0. The van der Waals surface area contributed by atoms with Crippen LogP contribution in [0, 0.1) is 13.8 Å². The lowest BCUT2D eigenvalue weighted by atomic mass is 10.0. The molecule has 0 spiro atoms. The third-order valence-corrected chi connectivity index (χ3v) is 4.45. The molecule has 0 aliphatic carbocycles. The second-order valence-electron chi connectivity index (χ2n) is 6.49. The summed E-state index contributed by atoms with van der Waals surface area (Å²) < 4.78 is 5.56. The van der Waals surface area contributed by atoms with Gasteiger partial charge in [0, 0.05) is 5.69 Å². The van der Waals surface area contributed by atoms with Gasteiger partial charge in [0.25, 0.3) is 5.91 Å². The molecule has 2 aromatic rings. The predicted molar refractivity (Wildman–Crippen MR) is 100 cm³/mol. The molecule has 0 saturated heterocycles. The van der Waals surface area contributed by atoms with Crippen LogP contribution >= 0.6 is 0 Å². The molecule has 1 unspecified atom stereocenters. The van der Waals surface area contributed by atoms with E-state index < -0.39 is 18.0 Å². The SMILES string of the molecule is Cc1cc(C)c(C(=O)O)cc1NC(=O)CN1C(=O)C(C)Oc2ccccc21. The largest absolute Gasteiger partial charge is 0.479 e. The van der Waals surface area contributed by atoms with Crippen molar-refractivity contribution in [3.63, 3.8) is 0 Å². The number of amides is 2. The lowest BCUT2D eigenvalue weighted by Crippen LogP contribution is -2.47. The number of ether oxygens (including phenoxy) is 1. The second kappa shape index (κ2) is 7.11. The maximum absolute atomic E-state index is 12.6. The molecule has 1 heterocycles. The Kier molecular flexibility index (Phi) is 4.85. The van der Waals surface area contributed by atoms with E-state index >= 15 is 0 Å². The molecule has 2 amide bonds. The summed E-state index contributed by atoms with van der Waals surface area (Å²) in [5.41, 5.74) is 2.42. The van der Waals surface area contributed by atoms with Crippen molar-refractivity contribution in [2.24, 2.45) is 0 Å². The predicted octanol–water partition coefficient (Wildman–Crippen LogP) is 2.75. The van der Waals surface area contributed by atoms with Gasteiger partial charge < -0.3 is 15.2 Å². The van der Waals surface area contributed by atoms with Gasteiger partial charge in [-0.15, -0.1) is 0 Å². The monoisotopic (exact) mass is 368 g/mol. The van der Waals surface area contributed by atoms with Gasteiger partial charge in [-0.25, -0.2) is 4.79 Å². The van der Waals surface area contributed by atoms with Gasteiger partial charge in [0.15, 0.2) is 6.10 Å². The number of fused-ring (bicyclic) bond motifs is 1. The van der Waals surface area contributed by atoms with E-state index in [1.54, 1.807) is 51.1 Å². The highest BCUT2D eigenvalue weighted by Crippen LogP contribution is 2.33. The number of hydrogen-bond donors (Lipinski definition) is 2. The van der Waals surface area contributed by atoms with Crippen LogP contribution < -0.4 is 15.0 Å². The quantitative estimate of drug-likeness (QED) is 0.865. The number of nitrogens with zero attached hydrogens (tertiary/aromatic N) is 1. The Morgan fingerprint density at radius 2 is 1.89 bits per heavy atom. The van der Waals surface area contributed by atoms with Crippen LogP contribution in [0.1, 0.15) is 28.4 Å². The van der Waals surface area contributed by atoms with E-state index in [-0.39, 0.29) is 18.0 Å². The molecular weight excluding hydrogens is 348 g/mol. The highest BCUT2D eigenvalue weighted by molar-refractivity contribution is 6.06. The van der Waals surface area contributed by atoms with Gasteiger partial charge in [0.05, 0.1) is 11.3 Å². The van der Waals surface area contributed by atoms with Crippen LogP contribution in [0.2, 0.25) is 0 Å². The molecule has 7 heteroatoms. The second-order valence-corrected chi connectivity index (χ2v) is 6.49. The number of hydrogen-bond acceptors (Lipinski definition) is 4. The first-order chi connectivity index (χ1) is 12.8. The first-order valence-electron chi connectivity index (χ1n) is 8.49. The Hall–Kier alpha value is -3.35. The fourth-order valence-electron chi connectivity index (χ4n) is 3.07. The fourth-order valence-corrected chi connectivity index (χ4v) is 3.07. The molecular formula is C20H20N2O5. The number of benzene rings is 2. The standard InChI is InChI=1S/C20H20N2O5/c1-11-8-12(2)15(9-14(11)20(25)26)21-18(23)10-22-16-6-4-5-7-17(16)27-13(3)19(22)24/h4-9,13H,10H2,1-3H3,(H,21,23)(H,25,26). The molecule has 1 aliphatic rings. The molecule has 3 rings (SSSR count). The molecule has 2 aromatic carbocycles. The molecule has 0 radical (unpaired) electrons. The summed E-state index contributed by atoms with van der Waals surface area (Å²) in [6.45, 7) is 4.92. The van der Waals surface area contributed by atoms with E-state index in [0.29, 0.717) is 22.7 Å². The zero-order chi connectivity index (χ0) is 19.7. The van der Waals surface area contributed by atoms with Crippen LogP contribution in [-0.2, 0) is 9.59 Å². The Labute approximate surface area is 156 Å². The summed E-state index contributed by atoms with van der Waals surface area (Å²) in [7, 11) is 0. The van der Waals surface area contributed by atoms with Crippen LogP contribution in [-0.4, -0.2) is 35.5 Å². The fraction of sp³-hybridized carbons (Fsp3) is 0.250. The molecule has 7 nitrogen and oxygen atoms in total. The number of rotatable bonds is 4. The van der Waals surface area contributed by atoms with Gasteiger partial charge in [-0.05, 0) is 50.1 Å². The zero-order valence-corrected chi connectivity index (χ0v) is 15.3. The average Bonchev–Trinajstić information content (AvgIpc) is 2.61. The van der Waals surface area contributed by atoms with Crippen molar-refractivity contribution in [1.29, 1.82) is 0 Å². The van der Waals surface area contributed by atoms with E-state index in [4.69, 9.17) is 4.74 Å². The maximum Gasteiger partial charge on any atom is 0.336 e. The van der Waals surface area contributed by atoms with Crippen molar-refractivity contribution in [3.05, 3.63) is 53.1 Å². The van der Waals surface area contributed by atoms with Crippen molar-refractivity contribution in [2.45, 2.75) is 26.9 Å². The van der Waals surface area contributed by atoms with Crippen molar-refractivity contribution < 1.29 is 24.2 Å². The van der Waals surface area contributed by atoms with E-state index in [1.165, 1.54) is 11.0 Å². The Morgan fingerprint density at radius 3 is 2.59 bits per heavy atom. The van der Waals surface area contributed by atoms with Gasteiger partial charge >= 0.3 is 5.97 Å². The van der Waals surface area contributed by atoms with Crippen molar-refractivity contribution in [3.8, 4) is 5.75 Å². The van der Waals surface area contributed by atoms with Crippen LogP contribution in [0.3, 0.4) is 0 Å². The minimum Gasteiger partial charge on any atom is -0.479 e. The van der Waals surface area contributed by atoms with E-state index in [9.17, 15) is 19.5 Å². The lowest BCUT2D eigenvalue weighted by Gasteiger charge is -2.32. The minimum absolute atomic E-state index is 0.123. The number of carbonyl (C=O) groups excluding carboxylic acids is 2. The normalized spacial score (nSPS) is 15.7. The first-order valence-corrected chi connectivity index (χ1v) is 8.49. The topological polar surface area (TPSA) is 95.9 Å². The van der Waals surface area contributed by atoms with Gasteiger partial charge in [-0.1, -0.05) is 18.2 Å². The minimum atomic E-state index is -1.06. The number of carboxylic acids is 1. The molecule has 140 valence electrons. The Bertz CT molecular complexity index is 938.